The van der Waals surface area contributed by atoms with Crippen LogP contribution in [0, 0.1) is 11.3 Å². The van der Waals surface area contributed by atoms with Crippen molar-refractivity contribution < 1.29 is 5.11 Å². The van der Waals surface area contributed by atoms with Crippen LogP contribution in [0.3, 0.4) is 0 Å². The third kappa shape index (κ3) is 5.40. The molecule has 0 spiro atoms. The average Bonchev–Trinajstić information content (AvgIpc) is 3.73. The minimum atomic E-state index is -1.20. The molecule has 0 amide bonds. The van der Waals surface area contributed by atoms with Gasteiger partial charge in [-0.15, -0.1) is 5.53 Å². The van der Waals surface area contributed by atoms with Gasteiger partial charge in [-0.25, -0.2) is 0 Å². The zero-order chi connectivity index (χ0) is 28.4. The zero-order valence-corrected chi connectivity index (χ0v) is 22.9. The number of benzene rings is 2. The van der Waals surface area contributed by atoms with Crippen LogP contribution in [0.5, 0.6) is 0 Å². The van der Waals surface area contributed by atoms with Gasteiger partial charge in [0.2, 0.25) is 0 Å². The maximum Gasteiger partial charge on any atom is 0.119 e. The molecule has 2 radical (unpaired) electrons. The number of aliphatic hydroxyl groups is 1. The van der Waals surface area contributed by atoms with E-state index < -0.39 is 5.44 Å². The van der Waals surface area contributed by atoms with Crippen molar-refractivity contribution in [3.8, 4) is 6.07 Å². The smallest absolute Gasteiger partial charge is 0.119 e. The maximum atomic E-state index is 10.0. The fourth-order valence-electron chi connectivity index (χ4n) is 5.08. The predicted molar refractivity (Wildman–Crippen MR) is 160 cm³/mol. The van der Waals surface area contributed by atoms with Crippen LogP contribution in [0.1, 0.15) is 42.0 Å². The molecule has 2 atom stereocenters. The first-order valence-corrected chi connectivity index (χ1v) is 13.8. The SMILES string of the molecule is [B]C(Nc1cc(Cl)c2ncc(C#N)c(N[C@H](CCO)c3ccccc3)c2c1)(C1=CN(C2CC2)NN1)c1cccnc1. The molecule has 1 fully saturated rings. The highest BCUT2D eigenvalue weighted by atomic mass is 35.5. The van der Waals surface area contributed by atoms with Crippen LogP contribution in [0.2, 0.25) is 5.02 Å². The Hall–Kier alpha value is -4.30. The lowest BCUT2D eigenvalue weighted by atomic mass is 9.70. The van der Waals surface area contributed by atoms with E-state index >= 15 is 0 Å². The lowest BCUT2D eigenvalue weighted by molar-refractivity contribution is 0.260. The van der Waals surface area contributed by atoms with Crippen LogP contribution in [0.4, 0.5) is 11.4 Å². The Labute approximate surface area is 244 Å². The predicted octanol–water partition coefficient (Wildman–Crippen LogP) is 4.45. The van der Waals surface area contributed by atoms with E-state index in [1.807, 2.05) is 59.7 Å². The van der Waals surface area contributed by atoms with Crippen molar-refractivity contribution in [2.24, 2.45) is 0 Å². The summed E-state index contributed by atoms with van der Waals surface area (Å²) >= 11 is 6.79. The molecule has 2 aromatic heterocycles. The molecule has 6 rings (SSSR count). The number of anilines is 2. The van der Waals surface area contributed by atoms with E-state index in [1.165, 1.54) is 6.20 Å². The molecule has 11 heteroatoms. The van der Waals surface area contributed by atoms with Crippen LogP contribution in [0.25, 0.3) is 10.9 Å². The fourth-order valence-corrected chi connectivity index (χ4v) is 5.35. The molecule has 1 unspecified atom stereocenters. The van der Waals surface area contributed by atoms with E-state index in [9.17, 15) is 10.4 Å². The highest BCUT2D eigenvalue weighted by molar-refractivity contribution is 6.36. The largest absolute Gasteiger partial charge is 0.396 e. The van der Waals surface area contributed by atoms with E-state index in [-0.39, 0.29) is 12.6 Å². The van der Waals surface area contributed by atoms with Gasteiger partial charge in [-0.05, 0) is 48.6 Å². The van der Waals surface area contributed by atoms with E-state index in [2.05, 4.69) is 37.6 Å². The first-order valence-electron chi connectivity index (χ1n) is 13.4. The van der Waals surface area contributed by atoms with E-state index in [0.29, 0.717) is 51.0 Å². The van der Waals surface area contributed by atoms with Gasteiger partial charge >= 0.3 is 0 Å². The first kappa shape index (κ1) is 26.9. The van der Waals surface area contributed by atoms with Gasteiger partial charge in [0.05, 0.1) is 39.0 Å². The molecule has 2 aliphatic rings. The second-order valence-electron chi connectivity index (χ2n) is 10.2. The summed E-state index contributed by atoms with van der Waals surface area (Å²) in [6.07, 6.45) is 9.58. The van der Waals surface area contributed by atoms with Gasteiger partial charge < -0.3 is 21.2 Å². The number of rotatable bonds is 10. The fraction of sp³-hybridized carbons (Fsp3) is 0.233. The van der Waals surface area contributed by atoms with Crippen LogP contribution >= 0.6 is 11.6 Å². The molecule has 2 aromatic carbocycles. The Balaban J connectivity index is 1.44. The molecule has 1 aliphatic heterocycles. The van der Waals surface area contributed by atoms with Crippen LogP contribution in [-0.4, -0.2) is 40.6 Å². The molecular weight excluding hydrogens is 535 g/mol. The number of nitriles is 1. The molecule has 4 aromatic rings. The molecule has 3 heterocycles. The van der Waals surface area contributed by atoms with Gasteiger partial charge in [-0.1, -0.05) is 48.0 Å². The summed E-state index contributed by atoms with van der Waals surface area (Å²) in [5.74, 6) is 0. The number of hydrazine groups is 2. The first-order chi connectivity index (χ1) is 20.0. The lowest BCUT2D eigenvalue weighted by Gasteiger charge is -2.34. The number of hydrogen-bond donors (Lipinski definition) is 5. The standard InChI is InChI=1S/C30H28BClN8O/c31-30(21-7-4-11-34-17-21,27-18-40(39-38-27)23-8-9-23)37-22-13-24-28(20(15-33)16-35-29(24)25(32)14-22)36-26(10-12-41)19-5-2-1-3-6-19/h1-7,11,13-14,16-18,23,26,37-39,41H,8-10,12H2,(H,35,36)/t26-,30?/m1/s1. The molecule has 9 nitrogen and oxygen atoms in total. The number of hydrogen-bond acceptors (Lipinski definition) is 9. The Morgan fingerprint density at radius 3 is 2.73 bits per heavy atom. The maximum absolute atomic E-state index is 10.0. The minimum Gasteiger partial charge on any atom is -0.396 e. The summed E-state index contributed by atoms with van der Waals surface area (Å²) < 4.78 is 0. The molecular formula is C30H28BClN8O. The molecule has 0 saturated heterocycles. The van der Waals surface area contributed by atoms with E-state index in [4.69, 9.17) is 19.4 Å². The van der Waals surface area contributed by atoms with Crippen molar-refractivity contribution in [3.63, 3.8) is 0 Å². The third-order valence-electron chi connectivity index (χ3n) is 7.39. The summed E-state index contributed by atoms with van der Waals surface area (Å²) in [5, 5.41) is 29.9. The molecule has 1 aliphatic carbocycles. The summed E-state index contributed by atoms with van der Waals surface area (Å²) in [6, 6.07) is 19.6. The zero-order valence-electron chi connectivity index (χ0n) is 22.2. The van der Waals surface area contributed by atoms with Gasteiger partial charge in [-0.3, -0.25) is 15.0 Å². The molecule has 5 N–H and O–H groups in total. The highest BCUT2D eigenvalue weighted by Crippen LogP contribution is 2.39. The lowest BCUT2D eigenvalue weighted by Crippen LogP contribution is -2.45. The van der Waals surface area contributed by atoms with Gasteiger partial charge in [0.1, 0.15) is 13.9 Å². The van der Waals surface area contributed by atoms with Crippen molar-refractivity contribution in [2.45, 2.75) is 36.8 Å². The minimum absolute atomic E-state index is 0.0279. The Bertz CT molecular complexity index is 1630. The van der Waals surface area contributed by atoms with Crippen LogP contribution < -0.4 is 21.6 Å². The normalized spacial score (nSPS) is 16.8. The highest BCUT2D eigenvalue weighted by Gasteiger charge is 2.38. The number of fused-ring (bicyclic) bond motifs is 1. The van der Waals surface area contributed by atoms with E-state index in [1.54, 1.807) is 18.5 Å². The van der Waals surface area contributed by atoms with Gasteiger partial charge in [0.15, 0.2) is 0 Å². The number of pyridine rings is 2. The summed E-state index contributed by atoms with van der Waals surface area (Å²) in [4.78, 5) is 8.80. The van der Waals surface area contributed by atoms with Gasteiger partial charge in [0.25, 0.3) is 0 Å². The molecule has 0 bridgehead atoms. The van der Waals surface area contributed by atoms with E-state index in [0.717, 1.165) is 24.0 Å². The Morgan fingerprint density at radius 2 is 2.02 bits per heavy atom. The summed E-state index contributed by atoms with van der Waals surface area (Å²) in [7, 11) is 7.12. The van der Waals surface area contributed by atoms with Gasteiger partial charge in [-0.2, -0.15) is 5.26 Å². The number of nitrogens with zero attached hydrogens (tertiary/aromatic N) is 4. The second kappa shape index (κ2) is 11.3. The van der Waals surface area contributed by atoms with Crippen molar-refractivity contribution in [1.29, 1.82) is 5.26 Å². The van der Waals surface area contributed by atoms with Crippen LogP contribution in [-0.2, 0) is 5.44 Å². The van der Waals surface area contributed by atoms with Crippen LogP contribution in [0.15, 0.2) is 85.1 Å². The summed E-state index contributed by atoms with van der Waals surface area (Å²) in [6.45, 7) is -0.0279. The van der Waals surface area contributed by atoms with Crippen molar-refractivity contribution in [1.82, 2.24) is 25.9 Å². The number of aromatic nitrogens is 2. The molecule has 204 valence electrons. The van der Waals surface area contributed by atoms with Crippen molar-refractivity contribution >= 4 is 41.7 Å². The Kier molecular flexibility index (Phi) is 7.41. The molecule has 1 saturated carbocycles. The number of aliphatic hydroxyl groups excluding tert-OH is 1. The quantitative estimate of drug-likeness (QED) is 0.178. The number of halogens is 1. The number of nitrogens with one attached hydrogen (secondary N) is 4. The molecule has 41 heavy (non-hydrogen) atoms. The third-order valence-corrected chi connectivity index (χ3v) is 7.68. The van der Waals surface area contributed by atoms with Gasteiger partial charge in [0, 0.05) is 48.5 Å². The average molecular weight is 563 g/mol. The Morgan fingerprint density at radius 1 is 1.20 bits per heavy atom. The summed E-state index contributed by atoms with van der Waals surface area (Å²) in [5.41, 5.74) is 9.76. The topological polar surface area (TPSA) is 121 Å². The van der Waals surface area contributed by atoms with Crippen molar-refractivity contribution in [3.05, 3.63) is 107 Å². The monoisotopic (exact) mass is 562 g/mol. The van der Waals surface area contributed by atoms with Crippen molar-refractivity contribution in [2.75, 3.05) is 17.2 Å². The second-order valence-corrected chi connectivity index (χ2v) is 10.6.